The Hall–Kier alpha value is -2.31. The van der Waals surface area contributed by atoms with Crippen LogP contribution in [-0.4, -0.2) is 46.8 Å². The van der Waals surface area contributed by atoms with Gasteiger partial charge in [-0.05, 0) is 29.6 Å². The van der Waals surface area contributed by atoms with E-state index in [1.165, 1.54) is 0 Å². The van der Waals surface area contributed by atoms with Crippen LogP contribution in [0.15, 0.2) is 47.8 Å². The van der Waals surface area contributed by atoms with Gasteiger partial charge in [-0.15, -0.1) is 11.3 Å². The fourth-order valence-electron chi connectivity index (χ4n) is 3.23. The normalized spacial score (nSPS) is 14.7. The summed E-state index contributed by atoms with van der Waals surface area (Å²) >= 11 is 7.92. The van der Waals surface area contributed by atoms with E-state index in [4.69, 9.17) is 11.6 Å². The molecule has 5 nitrogen and oxygen atoms in total. The van der Waals surface area contributed by atoms with Crippen LogP contribution in [0.2, 0.25) is 5.02 Å². The molecule has 4 rings (SSSR count). The van der Waals surface area contributed by atoms with Gasteiger partial charge in [-0.3, -0.25) is 9.48 Å². The Morgan fingerprint density at radius 2 is 1.88 bits per heavy atom. The second-order valence-corrected chi connectivity index (χ2v) is 7.60. The molecule has 0 bridgehead atoms. The summed E-state index contributed by atoms with van der Waals surface area (Å²) in [6.45, 7) is 2.88. The van der Waals surface area contributed by atoms with E-state index in [1.54, 1.807) is 16.0 Å². The van der Waals surface area contributed by atoms with Gasteiger partial charge in [0.1, 0.15) is 11.4 Å². The van der Waals surface area contributed by atoms with E-state index in [9.17, 15) is 4.79 Å². The lowest BCUT2D eigenvalue weighted by Crippen LogP contribution is -2.49. The number of hydrogen-bond acceptors (Lipinski definition) is 4. The molecule has 0 saturated carbocycles. The van der Waals surface area contributed by atoms with E-state index in [1.807, 2.05) is 59.8 Å². The van der Waals surface area contributed by atoms with Gasteiger partial charge in [-0.2, -0.15) is 5.10 Å². The molecule has 1 aliphatic heterocycles. The van der Waals surface area contributed by atoms with Crippen molar-refractivity contribution in [2.75, 3.05) is 31.1 Å². The molecule has 0 spiro atoms. The van der Waals surface area contributed by atoms with E-state index in [-0.39, 0.29) is 5.91 Å². The number of para-hydroxylation sites is 1. The SMILES string of the molecule is Cn1nc(-c2cccs2)cc1C(=O)N1CCN(c2ccccc2Cl)CC1. The van der Waals surface area contributed by atoms with Crippen molar-refractivity contribution in [3.8, 4) is 10.6 Å². The Bertz CT molecular complexity index is 914. The Morgan fingerprint density at radius 3 is 2.58 bits per heavy atom. The minimum absolute atomic E-state index is 0.0293. The number of carbonyl (C=O) groups excluding carboxylic acids is 1. The number of rotatable bonds is 3. The van der Waals surface area contributed by atoms with E-state index in [0.29, 0.717) is 18.8 Å². The van der Waals surface area contributed by atoms with Crippen molar-refractivity contribution >= 4 is 34.5 Å². The van der Waals surface area contributed by atoms with Crippen molar-refractivity contribution in [2.24, 2.45) is 7.05 Å². The number of amides is 1. The van der Waals surface area contributed by atoms with Crippen LogP contribution >= 0.6 is 22.9 Å². The van der Waals surface area contributed by atoms with Crippen molar-refractivity contribution < 1.29 is 4.79 Å². The molecule has 0 radical (unpaired) electrons. The molecule has 0 unspecified atom stereocenters. The Kier molecular flexibility index (Phi) is 4.70. The number of hydrogen-bond donors (Lipinski definition) is 0. The quantitative estimate of drug-likeness (QED) is 0.688. The van der Waals surface area contributed by atoms with E-state index >= 15 is 0 Å². The Balaban J connectivity index is 1.47. The van der Waals surface area contributed by atoms with Crippen molar-refractivity contribution in [2.45, 2.75) is 0 Å². The molecule has 7 heteroatoms. The van der Waals surface area contributed by atoms with E-state index < -0.39 is 0 Å². The molecule has 3 heterocycles. The van der Waals surface area contributed by atoms with Crippen molar-refractivity contribution in [1.29, 1.82) is 0 Å². The number of anilines is 1. The second-order valence-electron chi connectivity index (χ2n) is 6.25. The van der Waals surface area contributed by atoms with Crippen LogP contribution in [0, 0.1) is 0 Å². The van der Waals surface area contributed by atoms with Crippen molar-refractivity contribution in [1.82, 2.24) is 14.7 Å². The average molecular weight is 387 g/mol. The fraction of sp³-hybridized carbons (Fsp3) is 0.263. The van der Waals surface area contributed by atoms with Crippen LogP contribution in [0.25, 0.3) is 10.6 Å². The summed E-state index contributed by atoms with van der Waals surface area (Å²) in [6.07, 6.45) is 0. The molecule has 0 N–H and O–H groups in total. The third kappa shape index (κ3) is 3.22. The van der Waals surface area contributed by atoms with Gasteiger partial charge in [0.25, 0.3) is 5.91 Å². The summed E-state index contributed by atoms with van der Waals surface area (Å²) < 4.78 is 1.68. The molecule has 1 amide bonds. The highest BCUT2D eigenvalue weighted by molar-refractivity contribution is 7.13. The summed E-state index contributed by atoms with van der Waals surface area (Å²) in [5.74, 6) is 0.0293. The van der Waals surface area contributed by atoms with Crippen LogP contribution in [0.3, 0.4) is 0 Å². The second kappa shape index (κ2) is 7.13. The Labute approximate surface area is 161 Å². The molecule has 1 saturated heterocycles. The lowest BCUT2D eigenvalue weighted by atomic mass is 10.2. The lowest BCUT2D eigenvalue weighted by molar-refractivity contribution is 0.0735. The average Bonchev–Trinajstić information content (AvgIpc) is 3.31. The summed E-state index contributed by atoms with van der Waals surface area (Å²) in [5, 5.41) is 7.26. The maximum absolute atomic E-state index is 12.9. The number of piperazine rings is 1. The van der Waals surface area contributed by atoms with Gasteiger partial charge >= 0.3 is 0 Å². The topological polar surface area (TPSA) is 41.4 Å². The van der Waals surface area contributed by atoms with Crippen LogP contribution in [0.4, 0.5) is 5.69 Å². The third-order valence-electron chi connectivity index (χ3n) is 4.63. The molecular weight excluding hydrogens is 368 g/mol. The Morgan fingerprint density at radius 1 is 1.12 bits per heavy atom. The number of benzene rings is 1. The minimum Gasteiger partial charge on any atom is -0.367 e. The number of thiophene rings is 1. The highest BCUT2D eigenvalue weighted by atomic mass is 35.5. The van der Waals surface area contributed by atoms with Gasteiger partial charge < -0.3 is 9.80 Å². The number of aryl methyl sites for hydroxylation is 1. The summed E-state index contributed by atoms with van der Waals surface area (Å²) in [4.78, 5) is 18.1. The van der Waals surface area contributed by atoms with Crippen LogP contribution in [-0.2, 0) is 7.05 Å². The summed E-state index contributed by atoms with van der Waals surface area (Å²) in [7, 11) is 1.82. The van der Waals surface area contributed by atoms with Crippen LogP contribution < -0.4 is 4.90 Å². The molecular formula is C19H19ClN4OS. The number of carbonyl (C=O) groups is 1. The van der Waals surface area contributed by atoms with Gasteiger partial charge in [0.05, 0.1) is 15.6 Å². The van der Waals surface area contributed by atoms with Crippen LogP contribution in [0.5, 0.6) is 0 Å². The molecule has 1 fully saturated rings. The summed E-state index contributed by atoms with van der Waals surface area (Å²) in [5.41, 5.74) is 2.50. The van der Waals surface area contributed by atoms with Gasteiger partial charge in [-0.1, -0.05) is 29.8 Å². The number of halogens is 1. The molecule has 0 atom stereocenters. The van der Waals surface area contributed by atoms with Gasteiger partial charge in [0.2, 0.25) is 0 Å². The standard InChI is InChI=1S/C19H19ClN4OS/c1-22-17(13-15(21-22)18-7-4-12-26-18)19(25)24-10-8-23(9-11-24)16-6-3-2-5-14(16)20/h2-7,12-13H,8-11H2,1H3. The molecule has 1 aromatic carbocycles. The fourth-order valence-corrected chi connectivity index (χ4v) is 4.17. The zero-order chi connectivity index (χ0) is 18.1. The predicted octanol–water partition coefficient (Wildman–Crippen LogP) is 3.76. The first-order chi connectivity index (χ1) is 12.6. The van der Waals surface area contributed by atoms with Crippen molar-refractivity contribution in [3.63, 3.8) is 0 Å². The molecule has 134 valence electrons. The number of aromatic nitrogens is 2. The predicted molar refractivity (Wildman–Crippen MR) is 106 cm³/mol. The summed E-state index contributed by atoms with van der Waals surface area (Å²) in [6, 6.07) is 13.7. The molecule has 1 aliphatic rings. The first-order valence-electron chi connectivity index (χ1n) is 8.50. The third-order valence-corrected chi connectivity index (χ3v) is 5.84. The molecule has 3 aromatic rings. The largest absolute Gasteiger partial charge is 0.367 e. The first-order valence-corrected chi connectivity index (χ1v) is 9.76. The maximum Gasteiger partial charge on any atom is 0.272 e. The number of nitrogens with zero attached hydrogens (tertiary/aromatic N) is 4. The minimum atomic E-state index is 0.0293. The smallest absolute Gasteiger partial charge is 0.272 e. The zero-order valence-corrected chi connectivity index (χ0v) is 16.0. The maximum atomic E-state index is 12.9. The van der Waals surface area contributed by atoms with Gasteiger partial charge in [0, 0.05) is 33.2 Å². The first kappa shape index (κ1) is 17.1. The van der Waals surface area contributed by atoms with Crippen LogP contribution in [0.1, 0.15) is 10.5 Å². The highest BCUT2D eigenvalue weighted by Crippen LogP contribution is 2.27. The molecule has 0 aliphatic carbocycles. The highest BCUT2D eigenvalue weighted by Gasteiger charge is 2.25. The van der Waals surface area contributed by atoms with Gasteiger partial charge in [0.15, 0.2) is 0 Å². The van der Waals surface area contributed by atoms with E-state index in [0.717, 1.165) is 34.4 Å². The monoisotopic (exact) mass is 386 g/mol. The lowest BCUT2D eigenvalue weighted by Gasteiger charge is -2.36. The molecule has 26 heavy (non-hydrogen) atoms. The van der Waals surface area contributed by atoms with Crippen molar-refractivity contribution in [3.05, 3.63) is 58.6 Å². The van der Waals surface area contributed by atoms with Gasteiger partial charge in [-0.25, -0.2) is 0 Å². The van der Waals surface area contributed by atoms with E-state index in [2.05, 4.69) is 10.00 Å². The molecule has 2 aromatic heterocycles. The zero-order valence-electron chi connectivity index (χ0n) is 14.4.